The second-order valence-electron chi connectivity index (χ2n) is 4.07. The van der Waals surface area contributed by atoms with Crippen molar-refractivity contribution in [2.45, 2.75) is 9.79 Å². The van der Waals surface area contributed by atoms with Crippen LogP contribution in [0, 0.1) is 0 Å². The Labute approximate surface area is 129 Å². The Bertz CT molecular complexity index is 788. The molecule has 0 saturated heterocycles. The Balaban J connectivity index is 2.48. The number of phenolic OH excluding ortho intramolecular Hbond substituents is 2. The number of hydrogen-bond acceptors (Lipinski definition) is 8. The van der Waals surface area contributed by atoms with Gasteiger partial charge in [0.2, 0.25) is 0 Å². The van der Waals surface area contributed by atoms with Crippen molar-refractivity contribution in [2.24, 2.45) is 0 Å². The van der Waals surface area contributed by atoms with Gasteiger partial charge in [0.05, 0.1) is 16.9 Å². The molecule has 0 aliphatic heterocycles. The van der Waals surface area contributed by atoms with Gasteiger partial charge in [-0.25, -0.2) is 5.26 Å². The Morgan fingerprint density at radius 1 is 0.955 bits per heavy atom. The molecule has 2 rings (SSSR count). The van der Waals surface area contributed by atoms with Crippen LogP contribution >= 0.6 is 12.0 Å². The van der Waals surface area contributed by atoms with Crippen LogP contribution in [0.15, 0.2) is 46.2 Å². The van der Waals surface area contributed by atoms with E-state index in [1.165, 1.54) is 24.3 Å². The smallest absolute Gasteiger partial charge is 0.298 e. The fraction of sp³-hybridized carbons (Fsp3) is 0. The summed E-state index contributed by atoms with van der Waals surface area (Å²) in [6, 6.07) is 7.85. The molecule has 0 aliphatic carbocycles. The predicted octanol–water partition coefficient (Wildman–Crippen LogP) is 2.44. The highest BCUT2D eigenvalue weighted by Gasteiger charge is 2.17. The first-order chi connectivity index (χ1) is 10.3. The predicted molar refractivity (Wildman–Crippen MR) is 75.7 cm³/mol. The Kier molecular flexibility index (Phi) is 4.90. The maximum absolute atomic E-state index is 11.2. The zero-order valence-corrected chi connectivity index (χ0v) is 12.3. The Hall–Kier alpha value is -1.82. The van der Waals surface area contributed by atoms with Gasteiger partial charge in [0.1, 0.15) is 16.4 Å². The first kappa shape index (κ1) is 16.5. The molecule has 0 amide bonds. The van der Waals surface area contributed by atoms with Gasteiger partial charge in [0.15, 0.2) is 0 Å². The van der Waals surface area contributed by atoms with Crippen molar-refractivity contribution >= 4 is 22.2 Å². The van der Waals surface area contributed by atoms with Crippen molar-refractivity contribution < 1.29 is 37.8 Å². The van der Waals surface area contributed by atoms with Gasteiger partial charge in [0, 0.05) is 0 Å². The van der Waals surface area contributed by atoms with Crippen molar-refractivity contribution in [2.75, 3.05) is 0 Å². The number of hydrogen-bond donors (Lipinski definition) is 4. The highest BCUT2D eigenvalue weighted by atomic mass is 32.2. The molecule has 0 heterocycles. The van der Waals surface area contributed by atoms with E-state index in [4.69, 9.17) is 9.81 Å². The fourth-order valence-electron chi connectivity index (χ4n) is 1.71. The lowest BCUT2D eigenvalue weighted by Gasteiger charge is -2.08. The number of rotatable bonds is 5. The maximum atomic E-state index is 11.2. The minimum absolute atomic E-state index is 0.153. The van der Waals surface area contributed by atoms with Crippen LogP contribution in [-0.2, 0) is 19.5 Å². The molecule has 2 aromatic rings. The Morgan fingerprint density at radius 2 is 1.55 bits per heavy atom. The molecule has 0 atom stereocenters. The molecule has 0 spiro atoms. The number of benzene rings is 2. The summed E-state index contributed by atoms with van der Waals surface area (Å²) in [6.07, 6.45) is 0. The lowest BCUT2D eigenvalue weighted by molar-refractivity contribution is -0.432. The zero-order valence-electron chi connectivity index (χ0n) is 10.7. The largest absolute Gasteiger partial charge is 0.507 e. The van der Waals surface area contributed by atoms with Crippen LogP contribution in [0.1, 0.15) is 0 Å². The van der Waals surface area contributed by atoms with Crippen LogP contribution in [0.2, 0.25) is 0 Å². The molecule has 0 aliphatic rings. The van der Waals surface area contributed by atoms with E-state index in [2.05, 4.69) is 9.37 Å². The van der Waals surface area contributed by atoms with E-state index in [1.54, 1.807) is 0 Å². The molecule has 0 saturated carbocycles. The minimum Gasteiger partial charge on any atom is -0.507 e. The normalized spacial score (nSPS) is 11.5. The Morgan fingerprint density at radius 3 is 2.14 bits per heavy atom. The van der Waals surface area contributed by atoms with E-state index in [0.29, 0.717) is 23.2 Å². The topological polar surface area (TPSA) is 134 Å². The summed E-state index contributed by atoms with van der Waals surface area (Å²) in [5, 5.41) is 30.7. The lowest BCUT2D eigenvalue weighted by atomic mass is 10.1. The highest BCUT2D eigenvalue weighted by Crippen LogP contribution is 2.35. The van der Waals surface area contributed by atoms with Crippen LogP contribution in [0.4, 0.5) is 0 Å². The molecular formula is C12H10O8S2. The summed E-state index contributed by atoms with van der Waals surface area (Å²) in [4.78, 5) is -0.449. The van der Waals surface area contributed by atoms with E-state index >= 15 is 0 Å². The first-order valence-electron chi connectivity index (χ1n) is 5.61. The van der Waals surface area contributed by atoms with Crippen LogP contribution in [0.5, 0.6) is 11.5 Å². The van der Waals surface area contributed by atoms with Gasteiger partial charge >= 0.3 is 0 Å². The molecule has 0 radical (unpaired) electrons. The summed E-state index contributed by atoms with van der Waals surface area (Å²) in [5.41, 5.74) is 0.823. The summed E-state index contributed by atoms with van der Waals surface area (Å²) in [6.45, 7) is 0. The SMILES string of the molecule is O=S(=O)(O)c1cc(-c2ccc(O)c(SOOO)c2)ccc1O. The van der Waals surface area contributed by atoms with Crippen LogP contribution < -0.4 is 0 Å². The molecule has 0 aromatic heterocycles. The van der Waals surface area contributed by atoms with Gasteiger partial charge in [-0.1, -0.05) is 17.2 Å². The molecule has 118 valence electrons. The first-order valence-corrected chi connectivity index (χ1v) is 7.79. The third-order valence-electron chi connectivity index (χ3n) is 2.69. The van der Waals surface area contributed by atoms with Crippen molar-refractivity contribution in [3.63, 3.8) is 0 Å². The van der Waals surface area contributed by atoms with Crippen LogP contribution in [0.3, 0.4) is 0 Å². The van der Waals surface area contributed by atoms with Crippen LogP contribution in [-0.4, -0.2) is 28.4 Å². The minimum atomic E-state index is -4.58. The zero-order chi connectivity index (χ0) is 16.3. The van der Waals surface area contributed by atoms with E-state index in [9.17, 15) is 18.6 Å². The summed E-state index contributed by atoms with van der Waals surface area (Å²) >= 11 is 0.530. The average molecular weight is 346 g/mol. The van der Waals surface area contributed by atoms with E-state index in [0.717, 1.165) is 12.1 Å². The second-order valence-corrected chi connectivity index (χ2v) is 6.20. The van der Waals surface area contributed by atoms with E-state index in [1.807, 2.05) is 0 Å². The molecule has 0 fully saturated rings. The van der Waals surface area contributed by atoms with Gasteiger partial charge in [-0.3, -0.25) is 4.55 Å². The molecule has 0 bridgehead atoms. The number of phenols is 2. The standard InChI is InChI=1S/C12H10O8S2/c13-9-3-1-7(5-11(9)21-20-19-15)8-2-4-10(14)12(6-8)22(16,17)18/h1-6,13-15H,(H,16,17,18). The summed E-state index contributed by atoms with van der Waals surface area (Å²) in [5.74, 6) is -0.740. The highest BCUT2D eigenvalue weighted by molar-refractivity contribution is 7.94. The van der Waals surface area contributed by atoms with E-state index < -0.39 is 20.8 Å². The third-order valence-corrected chi connectivity index (χ3v) is 4.20. The third kappa shape index (κ3) is 3.68. The van der Waals surface area contributed by atoms with Gasteiger partial charge < -0.3 is 10.2 Å². The van der Waals surface area contributed by atoms with Crippen molar-refractivity contribution in [3.8, 4) is 22.6 Å². The molecular weight excluding hydrogens is 336 g/mol. The molecule has 4 N–H and O–H groups in total. The molecule has 0 unspecified atom stereocenters. The maximum Gasteiger partial charge on any atom is 0.298 e. The average Bonchev–Trinajstić information content (AvgIpc) is 2.46. The van der Waals surface area contributed by atoms with Crippen molar-refractivity contribution in [3.05, 3.63) is 36.4 Å². The molecule has 8 nitrogen and oxygen atoms in total. The number of aromatic hydroxyl groups is 2. The summed E-state index contributed by atoms with van der Waals surface area (Å²) < 4.78 is 35.7. The molecule has 10 heteroatoms. The molecule has 22 heavy (non-hydrogen) atoms. The quantitative estimate of drug-likeness (QED) is 0.279. The van der Waals surface area contributed by atoms with Crippen LogP contribution in [0.25, 0.3) is 11.1 Å². The monoisotopic (exact) mass is 346 g/mol. The summed E-state index contributed by atoms with van der Waals surface area (Å²) in [7, 11) is -4.58. The van der Waals surface area contributed by atoms with Gasteiger partial charge in [-0.05, 0) is 35.4 Å². The lowest BCUT2D eigenvalue weighted by Crippen LogP contribution is -1.98. The van der Waals surface area contributed by atoms with Crippen molar-refractivity contribution in [1.82, 2.24) is 0 Å². The van der Waals surface area contributed by atoms with Gasteiger partial charge in [0.25, 0.3) is 10.1 Å². The second kappa shape index (κ2) is 6.52. The fourth-order valence-corrected chi connectivity index (χ4v) is 2.75. The van der Waals surface area contributed by atoms with E-state index in [-0.39, 0.29) is 10.6 Å². The van der Waals surface area contributed by atoms with Gasteiger partial charge in [-0.15, -0.1) is 4.33 Å². The molecule has 2 aromatic carbocycles. The van der Waals surface area contributed by atoms with Gasteiger partial charge in [-0.2, -0.15) is 8.42 Å². The van der Waals surface area contributed by atoms with Crippen molar-refractivity contribution in [1.29, 1.82) is 0 Å².